The smallest absolute Gasteiger partial charge is 0.400 e. The third-order valence-corrected chi connectivity index (χ3v) is 8.11. The largest absolute Gasteiger partial charge is 0.432 e. The van der Waals surface area contributed by atoms with Crippen LogP contribution in [0, 0.1) is 46.9 Å². The molecule has 2 atom stereocenters. The summed E-state index contributed by atoms with van der Waals surface area (Å²) in [6, 6.07) is 4.30. The van der Waals surface area contributed by atoms with Crippen LogP contribution >= 0.6 is 0 Å². The van der Waals surface area contributed by atoms with Gasteiger partial charge in [0.2, 0.25) is 0 Å². The molecule has 0 aliphatic heterocycles. The highest BCUT2D eigenvalue weighted by molar-refractivity contribution is 5.65. The van der Waals surface area contributed by atoms with Crippen molar-refractivity contribution in [1.29, 1.82) is 0 Å². The van der Waals surface area contributed by atoms with E-state index in [-0.39, 0.29) is 16.9 Å². The van der Waals surface area contributed by atoms with Crippen molar-refractivity contribution in [2.24, 2.45) is 23.7 Å². The van der Waals surface area contributed by atoms with E-state index >= 15 is 0 Å². The topological polar surface area (TPSA) is 9.23 Å². The normalized spacial score (nSPS) is 25.8. The van der Waals surface area contributed by atoms with E-state index in [4.69, 9.17) is 4.74 Å². The summed E-state index contributed by atoms with van der Waals surface area (Å²) >= 11 is 0. The number of rotatable bonds is 6. The van der Waals surface area contributed by atoms with E-state index in [1.807, 2.05) is 0 Å². The Morgan fingerprint density at radius 3 is 2.03 bits per heavy atom. The van der Waals surface area contributed by atoms with Crippen molar-refractivity contribution in [3.05, 3.63) is 53.6 Å². The molecule has 0 heterocycles. The van der Waals surface area contributed by atoms with Crippen molar-refractivity contribution in [2.75, 3.05) is 0 Å². The van der Waals surface area contributed by atoms with Crippen LogP contribution in [0.2, 0.25) is 0 Å². The number of benzene rings is 2. The minimum atomic E-state index is -3.45. The fraction of sp³-hybridized carbons (Fsp3) is 0.571. The van der Waals surface area contributed by atoms with Gasteiger partial charge in [-0.15, -0.1) is 0 Å². The predicted molar refractivity (Wildman–Crippen MR) is 123 cm³/mol. The molecule has 0 N–H and O–H groups in total. The Morgan fingerprint density at radius 2 is 1.40 bits per heavy atom. The van der Waals surface area contributed by atoms with Gasteiger partial charge in [0.1, 0.15) is 11.6 Å². The van der Waals surface area contributed by atoms with Crippen LogP contribution in [0.4, 0.5) is 26.3 Å². The molecule has 2 unspecified atom stereocenters. The SMILES string of the molecule is CCC1CCCC(C2CCC(C(F)(F)Oc3ccc(-c4cc(F)c(F)c(F)c4)c(F)c3)CC2)CC1. The maximum Gasteiger partial charge on any atom is 0.400 e. The lowest BCUT2D eigenvalue weighted by Gasteiger charge is -2.36. The minimum absolute atomic E-state index is 0.237. The van der Waals surface area contributed by atoms with E-state index in [9.17, 15) is 26.3 Å². The molecule has 0 radical (unpaired) electrons. The molecule has 0 saturated heterocycles. The standard InChI is InChI=1S/C28H32F6O/c1-2-17-4-3-5-18(7-6-17)19-8-10-21(11-9-19)28(33,34)35-22-12-13-23(24(29)16-22)20-14-25(30)27(32)26(31)15-20/h12-19,21H,2-11H2,1H3. The van der Waals surface area contributed by atoms with Crippen LogP contribution < -0.4 is 4.74 Å². The van der Waals surface area contributed by atoms with Crippen molar-refractivity contribution in [3.63, 3.8) is 0 Å². The quantitative estimate of drug-likeness (QED) is 0.219. The molecule has 4 rings (SSSR count). The highest BCUT2D eigenvalue weighted by Crippen LogP contribution is 2.45. The van der Waals surface area contributed by atoms with E-state index in [1.165, 1.54) is 38.5 Å². The van der Waals surface area contributed by atoms with Gasteiger partial charge in [-0.25, -0.2) is 17.6 Å². The van der Waals surface area contributed by atoms with Crippen molar-refractivity contribution in [2.45, 2.75) is 77.2 Å². The summed E-state index contributed by atoms with van der Waals surface area (Å²) in [4.78, 5) is 0. The summed E-state index contributed by atoms with van der Waals surface area (Å²) < 4.78 is 89.6. The monoisotopic (exact) mass is 498 g/mol. The van der Waals surface area contributed by atoms with Gasteiger partial charge < -0.3 is 4.74 Å². The number of hydrogen-bond acceptors (Lipinski definition) is 1. The number of halogens is 6. The van der Waals surface area contributed by atoms with Crippen LogP contribution in [0.25, 0.3) is 11.1 Å². The highest BCUT2D eigenvalue weighted by Gasteiger charge is 2.45. The number of hydrogen-bond donors (Lipinski definition) is 0. The summed E-state index contributed by atoms with van der Waals surface area (Å²) in [6.07, 6.45) is 6.08. The number of ether oxygens (including phenoxy) is 1. The molecule has 1 nitrogen and oxygen atoms in total. The van der Waals surface area contributed by atoms with Crippen molar-refractivity contribution < 1.29 is 31.1 Å². The average molecular weight is 499 g/mol. The molecule has 2 fully saturated rings. The summed E-state index contributed by atoms with van der Waals surface area (Å²) in [5.74, 6) is -5.00. The third-order valence-electron chi connectivity index (χ3n) is 8.11. The molecule has 0 bridgehead atoms. The third kappa shape index (κ3) is 5.97. The molecule has 2 aromatic carbocycles. The van der Waals surface area contributed by atoms with Gasteiger partial charge in [0.25, 0.3) is 0 Å². The minimum Gasteiger partial charge on any atom is -0.432 e. The van der Waals surface area contributed by atoms with Crippen molar-refractivity contribution in [1.82, 2.24) is 0 Å². The van der Waals surface area contributed by atoms with Crippen LogP contribution in [-0.4, -0.2) is 6.11 Å². The van der Waals surface area contributed by atoms with Gasteiger partial charge >= 0.3 is 6.11 Å². The Bertz CT molecular complexity index is 991. The van der Waals surface area contributed by atoms with E-state index in [1.54, 1.807) is 0 Å². The zero-order chi connectivity index (χ0) is 25.2. The Hall–Kier alpha value is -2.18. The van der Waals surface area contributed by atoms with E-state index in [0.29, 0.717) is 36.8 Å². The molecule has 2 saturated carbocycles. The second kappa shape index (κ2) is 10.8. The lowest BCUT2D eigenvalue weighted by molar-refractivity contribution is -0.224. The van der Waals surface area contributed by atoms with Gasteiger partial charge in [-0.2, -0.15) is 8.78 Å². The fourth-order valence-corrected chi connectivity index (χ4v) is 5.96. The Labute approximate surface area is 202 Å². The first-order chi connectivity index (χ1) is 16.7. The van der Waals surface area contributed by atoms with Gasteiger partial charge in [-0.05, 0) is 79.7 Å². The van der Waals surface area contributed by atoms with E-state index in [0.717, 1.165) is 37.0 Å². The fourth-order valence-electron chi connectivity index (χ4n) is 5.96. The van der Waals surface area contributed by atoms with Gasteiger partial charge in [-0.1, -0.05) is 39.0 Å². The molecule has 2 aliphatic rings. The van der Waals surface area contributed by atoms with Gasteiger partial charge in [0.05, 0.1) is 5.92 Å². The molecule has 0 amide bonds. The van der Waals surface area contributed by atoms with Crippen molar-refractivity contribution in [3.8, 4) is 16.9 Å². The van der Waals surface area contributed by atoms with Crippen LogP contribution in [0.1, 0.15) is 71.1 Å². The van der Waals surface area contributed by atoms with Crippen LogP contribution in [0.3, 0.4) is 0 Å². The van der Waals surface area contributed by atoms with Gasteiger partial charge in [0, 0.05) is 11.6 Å². The van der Waals surface area contributed by atoms with E-state index < -0.39 is 35.3 Å². The van der Waals surface area contributed by atoms with Crippen LogP contribution in [0.15, 0.2) is 30.3 Å². The zero-order valence-corrected chi connectivity index (χ0v) is 19.9. The summed E-state index contributed by atoms with van der Waals surface area (Å²) in [5.41, 5.74) is -0.480. The van der Waals surface area contributed by atoms with Gasteiger partial charge in [0.15, 0.2) is 17.5 Å². The first-order valence-corrected chi connectivity index (χ1v) is 12.7. The van der Waals surface area contributed by atoms with Crippen LogP contribution in [0.5, 0.6) is 5.75 Å². The summed E-state index contributed by atoms with van der Waals surface area (Å²) in [7, 11) is 0. The predicted octanol–water partition coefficient (Wildman–Crippen LogP) is 9.29. The first kappa shape index (κ1) is 25.9. The maximum atomic E-state index is 14.9. The van der Waals surface area contributed by atoms with Crippen LogP contribution in [-0.2, 0) is 0 Å². The lowest BCUT2D eigenvalue weighted by atomic mass is 9.73. The second-order valence-electron chi connectivity index (χ2n) is 10.2. The maximum absolute atomic E-state index is 14.9. The van der Waals surface area contributed by atoms with Crippen molar-refractivity contribution >= 4 is 0 Å². The Morgan fingerprint density at radius 1 is 0.771 bits per heavy atom. The summed E-state index contributed by atoms with van der Waals surface area (Å²) in [6.45, 7) is 2.24. The number of alkyl halides is 2. The lowest BCUT2D eigenvalue weighted by Crippen LogP contribution is -2.38. The Balaban J connectivity index is 1.37. The molecule has 2 aromatic rings. The molecular formula is C28H32F6O. The molecular weight excluding hydrogens is 466 g/mol. The summed E-state index contributed by atoms with van der Waals surface area (Å²) in [5, 5.41) is 0. The first-order valence-electron chi connectivity index (χ1n) is 12.7. The zero-order valence-electron chi connectivity index (χ0n) is 19.9. The molecule has 2 aliphatic carbocycles. The second-order valence-corrected chi connectivity index (χ2v) is 10.2. The highest BCUT2D eigenvalue weighted by atomic mass is 19.3. The van der Waals surface area contributed by atoms with Gasteiger partial charge in [-0.3, -0.25) is 0 Å². The molecule has 35 heavy (non-hydrogen) atoms. The molecule has 0 aromatic heterocycles. The van der Waals surface area contributed by atoms with E-state index in [2.05, 4.69) is 6.92 Å². The Kier molecular flexibility index (Phi) is 8.02. The average Bonchev–Trinajstić information content (AvgIpc) is 3.08. The molecule has 7 heteroatoms. The molecule has 192 valence electrons. The molecule has 0 spiro atoms.